The molecule has 0 amide bonds. The van der Waals surface area contributed by atoms with E-state index in [1.807, 2.05) is 6.92 Å². The van der Waals surface area contributed by atoms with Crippen molar-refractivity contribution in [2.24, 2.45) is 5.92 Å². The first-order chi connectivity index (χ1) is 6.11. The molecule has 0 aliphatic heterocycles. The summed E-state index contributed by atoms with van der Waals surface area (Å²) in [7, 11) is 0. The summed E-state index contributed by atoms with van der Waals surface area (Å²) in [6.45, 7) is 5.26. The van der Waals surface area contributed by atoms with Crippen LogP contribution >= 0.6 is 0 Å². The summed E-state index contributed by atoms with van der Waals surface area (Å²) < 4.78 is 4.52. The average molecular weight is 304 g/mol. The second kappa shape index (κ2) is 12.2. The molecule has 0 radical (unpaired) electrons. The molecule has 1 unspecified atom stereocenters. The Morgan fingerprint density at radius 2 is 1.73 bits per heavy atom. The summed E-state index contributed by atoms with van der Waals surface area (Å²) in [5, 5.41) is 0. The van der Waals surface area contributed by atoms with E-state index in [2.05, 4.69) is 11.7 Å². The summed E-state index contributed by atoms with van der Waals surface area (Å²) in [6, 6.07) is 0. The van der Waals surface area contributed by atoms with E-state index in [9.17, 15) is 9.59 Å². The van der Waals surface area contributed by atoms with Crippen molar-refractivity contribution < 1.29 is 47.3 Å². The molecular formula is C10H18Ni2O3. The zero-order valence-electron chi connectivity index (χ0n) is 9.26. The Balaban J connectivity index is -0.000000720. The van der Waals surface area contributed by atoms with Crippen LogP contribution in [0.25, 0.3) is 0 Å². The van der Waals surface area contributed by atoms with Gasteiger partial charge in [-0.15, -0.1) is 0 Å². The fraction of sp³-hybridized carbons (Fsp3) is 0.800. The van der Waals surface area contributed by atoms with Crippen molar-refractivity contribution in [2.75, 3.05) is 0 Å². The predicted octanol–water partition coefficient (Wildman–Crippen LogP) is 2.29. The molecule has 0 aliphatic rings. The fourth-order valence-electron chi connectivity index (χ4n) is 1.16. The number of carbonyl (C=O) groups is 2. The van der Waals surface area contributed by atoms with Crippen LogP contribution in [0.15, 0.2) is 0 Å². The van der Waals surface area contributed by atoms with Gasteiger partial charge in [0.15, 0.2) is 0 Å². The van der Waals surface area contributed by atoms with E-state index in [1.54, 1.807) is 0 Å². The van der Waals surface area contributed by atoms with Gasteiger partial charge in [0.2, 0.25) is 0 Å². The van der Waals surface area contributed by atoms with E-state index in [0.717, 1.165) is 25.7 Å². The first-order valence-corrected chi connectivity index (χ1v) is 4.84. The summed E-state index contributed by atoms with van der Waals surface area (Å²) in [5.74, 6) is -0.993. The zero-order valence-corrected chi connectivity index (χ0v) is 11.2. The Morgan fingerprint density at radius 1 is 1.20 bits per heavy atom. The molecule has 1 atom stereocenters. The third-order valence-electron chi connectivity index (χ3n) is 1.98. The fourth-order valence-corrected chi connectivity index (χ4v) is 1.16. The number of unbranched alkanes of at least 4 members (excludes halogenated alkanes) is 1. The predicted molar refractivity (Wildman–Crippen MR) is 50.1 cm³/mol. The van der Waals surface area contributed by atoms with Crippen LogP contribution in [0, 0.1) is 5.92 Å². The van der Waals surface area contributed by atoms with Crippen LogP contribution in [0.4, 0.5) is 0 Å². The molecule has 0 aliphatic carbocycles. The van der Waals surface area contributed by atoms with E-state index in [1.165, 1.54) is 6.92 Å². The number of carbonyl (C=O) groups excluding carboxylic acids is 2. The normalized spacial score (nSPS) is 10.6. The number of hydrogen-bond donors (Lipinski definition) is 0. The van der Waals surface area contributed by atoms with Crippen LogP contribution in [0.1, 0.15) is 46.5 Å². The van der Waals surface area contributed by atoms with Crippen molar-refractivity contribution >= 4 is 11.9 Å². The molecule has 3 nitrogen and oxygen atoms in total. The van der Waals surface area contributed by atoms with Crippen LogP contribution < -0.4 is 0 Å². The Morgan fingerprint density at radius 3 is 2.07 bits per heavy atom. The summed E-state index contributed by atoms with van der Waals surface area (Å²) in [4.78, 5) is 21.8. The van der Waals surface area contributed by atoms with Gasteiger partial charge in [0, 0.05) is 39.9 Å². The van der Waals surface area contributed by atoms with Gasteiger partial charge in [0.25, 0.3) is 0 Å². The number of hydrogen-bond acceptors (Lipinski definition) is 3. The molecule has 0 aromatic rings. The van der Waals surface area contributed by atoms with Crippen molar-refractivity contribution in [3.05, 3.63) is 0 Å². The SMILES string of the molecule is CCCCC(CC)C(=O)OC(C)=O.[Ni].[Ni]. The van der Waals surface area contributed by atoms with Crippen LogP contribution in [-0.4, -0.2) is 11.9 Å². The molecule has 0 saturated heterocycles. The number of rotatable bonds is 5. The summed E-state index contributed by atoms with van der Waals surface area (Å²) in [5.41, 5.74) is 0. The molecule has 0 fully saturated rings. The maximum absolute atomic E-state index is 11.2. The molecule has 96 valence electrons. The van der Waals surface area contributed by atoms with Crippen molar-refractivity contribution in [2.45, 2.75) is 46.5 Å². The summed E-state index contributed by atoms with van der Waals surface area (Å²) >= 11 is 0. The maximum atomic E-state index is 11.2. The van der Waals surface area contributed by atoms with Crippen LogP contribution in [-0.2, 0) is 47.3 Å². The first-order valence-electron chi connectivity index (χ1n) is 4.84. The second-order valence-electron chi connectivity index (χ2n) is 3.16. The first kappa shape index (κ1) is 20.5. The number of ether oxygens (including phenoxy) is 1. The molecule has 0 N–H and O–H groups in total. The van der Waals surface area contributed by atoms with E-state index >= 15 is 0 Å². The molecule has 0 aromatic carbocycles. The van der Waals surface area contributed by atoms with Gasteiger partial charge in [-0.05, 0) is 12.8 Å². The Bertz CT molecular complexity index is 184. The third kappa shape index (κ3) is 10.4. The van der Waals surface area contributed by atoms with Crippen LogP contribution in [0.3, 0.4) is 0 Å². The molecule has 0 saturated carbocycles. The average Bonchev–Trinajstić information content (AvgIpc) is 2.04. The van der Waals surface area contributed by atoms with Crippen molar-refractivity contribution in [3.8, 4) is 0 Å². The van der Waals surface area contributed by atoms with Gasteiger partial charge in [0.1, 0.15) is 0 Å². The van der Waals surface area contributed by atoms with Gasteiger partial charge in [-0.3, -0.25) is 9.59 Å². The van der Waals surface area contributed by atoms with E-state index in [0.29, 0.717) is 0 Å². The smallest absolute Gasteiger partial charge is 0.316 e. The van der Waals surface area contributed by atoms with Crippen molar-refractivity contribution in [3.63, 3.8) is 0 Å². The van der Waals surface area contributed by atoms with Crippen LogP contribution in [0.5, 0.6) is 0 Å². The minimum absolute atomic E-state index is 0. The standard InChI is InChI=1S/C10H18O3.2Ni/c1-4-6-7-9(5-2)10(12)13-8(3)11;;/h9H,4-7H2,1-3H3;;. The Labute approximate surface area is 112 Å². The van der Waals surface area contributed by atoms with Crippen molar-refractivity contribution in [1.82, 2.24) is 0 Å². The second-order valence-corrected chi connectivity index (χ2v) is 3.16. The van der Waals surface area contributed by atoms with E-state index in [4.69, 9.17) is 0 Å². The summed E-state index contributed by atoms with van der Waals surface area (Å²) in [6.07, 6.45) is 3.63. The third-order valence-corrected chi connectivity index (χ3v) is 1.98. The molecule has 5 heteroatoms. The van der Waals surface area contributed by atoms with Gasteiger partial charge >= 0.3 is 11.9 Å². The molecule has 15 heavy (non-hydrogen) atoms. The number of esters is 2. The monoisotopic (exact) mass is 302 g/mol. The quantitative estimate of drug-likeness (QED) is 0.445. The Hall–Kier alpha value is 0.127. The van der Waals surface area contributed by atoms with Gasteiger partial charge in [-0.2, -0.15) is 0 Å². The van der Waals surface area contributed by atoms with E-state index < -0.39 is 5.97 Å². The maximum Gasteiger partial charge on any atom is 0.316 e. The molecule has 0 bridgehead atoms. The van der Waals surface area contributed by atoms with Crippen LogP contribution in [0.2, 0.25) is 0 Å². The van der Waals surface area contributed by atoms with Gasteiger partial charge in [-0.25, -0.2) is 0 Å². The zero-order chi connectivity index (χ0) is 10.3. The van der Waals surface area contributed by atoms with E-state index in [-0.39, 0.29) is 44.9 Å². The van der Waals surface area contributed by atoms with Crippen molar-refractivity contribution in [1.29, 1.82) is 0 Å². The largest absolute Gasteiger partial charge is 0.393 e. The molecule has 0 spiro atoms. The minimum atomic E-state index is -0.514. The Kier molecular flexibility index (Phi) is 16.7. The van der Waals surface area contributed by atoms with Gasteiger partial charge in [-0.1, -0.05) is 26.7 Å². The molecular weight excluding hydrogens is 285 g/mol. The molecule has 0 rings (SSSR count). The molecule has 0 heterocycles. The van der Waals surface area contributed by atoms with Gasteiger partial charge < -0.3 is 4.74 Å². The molecule has 0 aromatic heterocycles. The topological polar surface area (TPSA) is 43.4 Å². The minimum Gasteiger partial charge on any atom is -0.393 e. The van der Waals surface area contributed by atoms with Gasteiger partial charge in [0.05, 0.1) is 5.92 Å².